The van der Waals surface area contributed by atoms with Crippen molar-refractivity contribution in [2.24, 2.45) is 0 Å². The number of nitrogens with one attached hydrogen (secondary N) is 3. The Bertz CT molecular complexity index is 1280. The van der Waals surface area contributed by atoms with Crippen molar-refractivity contribution in [3.8, 4) is 11.6 Å². The van der Waals surface area contributed by atoms with Crippen LogP contribution in [0, 0.1) is 0 Å². The number of thiocarbonyl (C=S) groups is 1. The molecule has 0 atom stereocenters. The highest BCUT2D eigenvalue weighted by atomic mass is 32.2. The number of amides is 1. The first kappa shape index (κ1) is 24.6. The molecule has 1 heterocycles. The van der Waals surface area contributed by atoms with Crippen LogP contribution in [0.25, 0.3) is 6.08 Å². The number of hydrogen-bond acceptors (Lipinski definition) is 8. The first-order valence-corrected chi connectivity index (χ1v) is 11.6. The van der Waals surface area contributed by atoms with Crippen molar-refractivity contribution in [3.63, 3.8) is 0 Å². The maximum absolute atomic E-state index is 12.5. The summed E-state index contributed by atoms with van der Waals surface area (Å²) < 4.78 is 37.4. The van der Waals surface area contributed by atoms with Crippen LogP contribution in [-0.4, -0.2) is 43.9 Å². The second-order valence-electron chi connectivity index (χ2n) is 6.64. The molecule has 1 aromatic heterocycles. The summed E-state index contributed by atoms with van der Waals surface area (Å²) in [6.45, 7) is 0. The summed E-state index contributed by atoms with van der Waals surface area (Å²) in [5, 5.41) is 12.9. The molecule has 2 aromatic carbocycles. The van der Waals surface area contributed by atoms with Gasteiger partial charge in [-0.25, -0.2) is 8.42 Å². The topological polar surface area (TPSA) is 132 Å². The summed E-state index contributed by atoms with van der Waals surface area (Å²) in [6.07, 6.45) is 2.98. The van der Waals surface area contributed by atoms with E-state index >= 15 is 0 Å². The van der Waals surface area contributed by atoms with E-state index in [4.69, 9.17) is 21.7 Å². The Hall–Kier alpha value is -4.03. The van der Waals surface area contributed by atoms with Crippen molar-refractivity contribution in [2.45, 2.75) is 4.90 Å². The standard InChI is InChI=1S/C22H21N5O5S2/c1-31-17-8-3-15(4-9-17)5-13-20(28)24-22(33)23-16-6-10-18(11-7-16)34(29,30)27-19-12-14-21(32-2)26-25-19/h3-14H,1-2H3,(H,25,27)(H2,23,24,28,33)/b13-5+. The molecule has 0 unspecified atom stereocenters. The second kappa shape index (κ2) is 11.2. The Labute approximate surface area is 202 Å². The number of sulfonamides is 1. The van der Waals surface area contributed by atoms with Crippen LogP contribution in [0.4, 0.5) is 11.5 Å². The zero-order valence-corrected chi connectivity index (χ0v) is 19.8. The molecule has 0 aliphatic heterocycles. The lowest BCUT2D eigenvalue weighted by Gasteiger charge is -2.10. The molecule has 3 aromatic rings. The molecule has 0 spiro atoms. The van der Waals surface area contributed by atoms with E-state index in [1.54, 1.807) is 25.3 Å². The Kier molecular flexibility index (Phi) is 8.11. The van der Waals surface area contributed by atoms with E-state index in [9.17, 15) is 13.2 Å². The normalized spacial score (nSPS) is 11.0. The molecule has 176 valence electrons. The quantitative estimate of drug-likeness (QED) is 0.316. The largest absolute Gasteiger partial charge is 0.497 e. The monoisotopic (exact) mass is 499 g/mol. The number of rotatable bonds is 8. The summed E-state index contributed by atoms with van der Waals surface area (Å²) in [5.41, 5.74) is 1.31. The van der Waals surface area contributed by atoms with Gasteiger partial charge in [-0.15, -0.1) is 10.2 Å². The summed E-state index contributed by atoms with van der Waals surface area (Å²) in [7, 11) is -0.869. The molecular weight excluding hydrogens is 478 g/mol. The van der Waals surface area contributed by atoms with Crippen molar-refractivity contribution in [2.75, 3.05) is 24.3 Å². The molecule has 0 aliphatic carbocycles. The van der Waals surface area contributed by atoms with Gasteiger partial charge in [0.05, 0.1) is 19.1 Å². The lowest BCUT2D eigenvalue weighted by Crippen LogP contribution is -2.32. The van der Waals surface area contributed by atoms with Crippen LogP contribution in [0.15, 0.2) is 71.6 Å². The van der Waals surface area contributed by atoms with Gasteiger partial charge in [0.1, 0.15) is 5.75 Å². The van der Waals surface area contributed by atoms with Gasteiger partial charge in [0.15, 0.2) is 10.9 Å². The Morgan fingerprint density at radius 1 is 0.941 bits per heavy atom. The van der Waals surface area contributed by atoms with Gasteiger partial charge in [-0.1, -0.05) is 12.1 Å². The SMILES string of the molecule is COc1ccc(/C=C/C(=O)NC(=S)Nc2ccc(S(=O)(=O)Nc3ccc(OC)nn3)cc2)cc1. The van der Waals surface area contributed by atoms with Gasteiger partial charge in [0.2, 0.25) is 11.8 Å². The minimum absolute atomic E-state index is 0.00745. The Balaban J connectivity index is 1.54. The van der Waals surface area contributed by atoms with E-state index in [1.807, 2.05) is 12.1 Å². The summed E-state index contributed by atoms with van der Waals surface area (Å²) in [6, 6.07) is 15.9. The first-order valence-electron chi connectivity index (χ1n) is 9.74. The molecule has 3 rings (SSSR count). The number of carbonyl (C=O) groups excluding carboxylic acids is 1. The number of anilines is 2. The van der Waals surface area contributed by atoms with E-state index in [1.165, 1.54) is 49.6 Å². The fraction of sp³-hybridized carbons (Fsp3) is 0.0909. The predicted molar refractivity (Wildman–Crippen MR) is 132 cm³/mol. The van der Waals surface area contributed by atoms with Gasteiger partial charge < -0.3 is 14.8 Å². The van der Waals surface area contributed by atoms with Crippen LogP contribution in [0.1, 0.15) is 5.56 Å². The van der Waals surface area contributed by atoms with Crippen molar-refractivity contribution in [1.82, 2.24) is 15.5 Å². The van der Waals surface area contributed by atoms with E-state index in [0.717, 1.165) is 11.3 Å². The maximum atomic E-state index is 12.5. The molecule has 1 amide bonds. The number of hydrogen-bond donors (Lipinski definition) is 3. The third-order valence-electron chi connectivity index (χ3n) is 4.29. The average molecular weight is 500 g/mol. The highest BCUT2D eigenvalue weighted by Gasteiger charge is 2.15. The molecule has 10 nitrogen and oxygen atoms in total. The molecule has 0 saturated heterocycles. The predicted octanol–water partition coefficient (Wildman–Crippen LogP) is 2.82. The lowest BCUT2D eigenvalue weighted by molar-refractivity contribution is -0.115. The van der Waals surface area contributed by atoms with Gasteiger partial charge in [-0.05, 0) is 66.3 Å². The summed E-state index contributed by atoms with van der Waals surface area (Å²) >= 11 is 5.14. The van der Waals surface area contributed by atoms with Crippen LogP contribution in [0.5, 0.6) is 11.6 Å². The highest BCUT2D eigenvalue weighted by molar-refractivity contribution is 7.92. The smallest absolute Gasteiger partial charge is 0.263 e. The molecule has 0 aliphatic rings. The van der Waals surface area contributed by atoms with Gasteiger partial charge >= 0.3 is 0 Å². The van der Waals surface area contributed by atoms with Crippen molar-refractivity contribution in [1.29, 1.82) is 0 Å². The van der Waals surface area contributed by atoms with Crippen molar-refractivity contribution in [3.05, 3.63) is 72.3 Å². The van der Waals surface area contributed by atoms with E-state index in [-0.39, 0.29) is 21.7 Å². The third kappa shape index (κ3) is 6.98. The minimum Gasteiger partial charge on any atom is -0.497 e. The molecule has 0 bridgehead atoms. The summed E-state index contributed by atoms with van der Waals surface area (Å²) in [5.74, 6) is 0.612. The maximum Gasteiger partial charge on any atom is 0.263 e. The average Bonchev–Trinajstić information content (AvgIpc) is 2.83. The molecular formula is C22H21N5O5S2. The zero-order chi connectivity index (χ0) is 24.6. The number of ether oxygens (including phenoxy) is 2. The summed E-state index contributed by atoms with van der Waals surface area (Å²) in [4.78, 5) is 12.1. The molecule has 0 fully saturated rings. The highest BCUT2D eigenvalue weighted by Crippen LogP contribution is 2.18. The van der Waals surface area contributed by atoms with E-state index in [0.29, 0.717) is 5.69 Å². The van der Waals surface area contributed by atoms with E-state index in [2.05, 4.69) is 25.6 Å². The van der Waals surface area contributed by atoms with Gasteiger partial charge in [0, 0.05) is 17.8 Å². The van der Waals surface area contributed by atoms with Gasteiger partial charge in [-0.2, -0.15) is 0 Å². The number of carbonyl (C=O) groups is 1. The van der Waals surface area contributed by atoms with Crippen LogP contribution in [-0.2, 0) is 14.8 Å². The fourth-order valence-corrected chi connectivity index (χ4v) is 3.82. The Morgan fingerprint density at radius 3 is 2.24 bits per heavy atom. The number of aromatic nitrogens is 2. The van der Waals surface area contributed by atoms with Crippen molar-refractivity contribution >= 4 is 50.8 Å². The number of methoxy groups -OCH3 is 2. The fourth-order valence-electron chi connectivity index (χ4n) is 2.60. The molecule has 34 heavy (non-hydrogen) atoms. The molecule has 0 saturated carbocycles. The van der Waals surface area contributed by atoms with Crippen LogP contribution in [0.3, 0.4) is 0 Å². The van der Waals surface area contributed by atoms with Crippen LogP contribution < -0.4 is 24.8 Å². The molecule has 12 heteroatoms. The number of nitrogens with zero attached hydrogens (tertiary/aromatic N) is 2. The van der Waals surface area contributed by atoms with Crippen molar-refractivity contribution < 1.29 is 22.7 Å². The Morgan fingerprint density at radius 2 is 1.65 bits per heavy atom. The van der Waals surface area contributed by atoms with Gasteiger partial charge in [0.25, 0.3) is 10.0 Å². The number of benzene rings is 2. The second-order valence-corrected chi connectivity index (χ2v) is 8.73. The van der Waals surface area contributed by atoms with Gasteiger partial charge in [-0.3, -0.25) is 14.8 Å². The molecule has 3 N–H and O–H groups in total. The zero-order valence-electron chi connectivity index (χ0n) is 18.2. The lowest BCUT2D eigenvalue weighted by atomic mass is 10.2. The molecule has 0 radical (unpaired) electrons. The first-order chi connectivity index (χ1) is 16.3. The van der Waals surface area contributed by atoms with E-state index < -0.39 is 15.9 Å². The minimum atomic E-state index is -3.88. The third-order valence-corrected chi connectivity index (χ3v) is 5.87. The van der Waals surface area contributed by atoms with Crippen LogP contribution in [0.2, 0.25) is 0 Å². The van der Waals surface area contributed by atoms with Crippen LogP contribution >= 0.6 is 12.2 Å².